The molecule has 0 aromatic heterocycles. The maximum absolute atomic E-state index is 14.2. The normalized spacial score (nSPS) is 29.3. The zero-order valence-corrected chi connectivity index (χ0v) is 23.3. The first-order valence-electron chi connectivity index (χ1n) is 12.8. The highest BCUT2D eigenvalue weighted by Gasteiger charge is 2.68. The van der Waals surface area contributed by atoms with Crippen molar-refractivity contribution in [2.75, 3.05) is 27.0 Å². The van der Waals surface area contributed by atoms with Crippen molar-refractivity contribution in [3.63, 3.8) is 0 Å². The second-order valence-electron chi connectivity index (χ2n) is 10.6. The van der Waals surface area contributed by atoms with Crippen molar-refractivity contribution < 1.29 is 44.7 Å². The number of fused-ring (bicyclic) bond motifs is 3. The van der Waals surface area contributed by atoms with Gasteiger partial charge in [-0.25, -0.2) is 0 Å². The Morgan fingerprint density at radius 2 is 1.76 bits per heavy atom. The third-order valence-electron chi connectivity index (χ3n) is 8.29. The minimum Gasteiger partial charge on any atom is -0.508 e. The molecule has 7 N–H and O–H groups in total. The van der Waals surface area contributed by atoms with Crippen LogP contribution >= 0.6 is 11.8 Å². The molecular formula is C29H30N2O9S. The van der Waals surface area contributed by atoms with Crippen LogP contribution in [-0.4, -0.2) is 92.6 Å². The van der Waals surface area contributed by atoms with Gasteiger partial charge >= 0.3 is 0 Å². The number of aromatic hydroxyl groups is 1. The number of phenolic OH excluding ortho intramolecular Hbond substituents is 1. The number of likely N-dealkylation sites (N-methyl/N-ethyl adjacent to an activating group) is 1. The summed E-state index contributed by atoms with van der Waals surface area (Å²) in [6.45, 7) is 0. The quantitative estimate of drug-likeness (QED) is 0.212. The Bertz CT molecular complexity index is 1520. The molecule has 0 heterocycles. The molecule has 6 atom stereocenters. The predicted molar refractivity (Wildman–Crippen MR) is 148 cm³/mol. The Labute approximate surface area is 239 Å². The summed E-state index contributed by atoms with van der Waals surface area (Å²) in [6, 6.07) is 10.4. The average molecular weight is 583 g/mol. The van der Waals surface area contributed by atoms with Crippen molar-refractivity contribution in [2.45, 2.75) is 28.6 Å². The lowest BCUT2D eigenvalue weighted by atomic mass is 9.54. The lowest BCUT2D eigenvalue weighted by Crippen LogP contribution is -2.70. The maximum atomic E-state index is 14.2. The number of methoxy groups -OCH3 is 1. The van der Waals surface area contributed by atoms with E-state index in [0.29, 0.717) is 11.3 Å². The second kappa shape index (κ2) is 10.2. The molecule has 2 aromatic carbocycles. The Morgan fingerprint density at radius 3 is 2.34 bits per heavy atom. The highest BCUT2D eigenvalue weighted by atomic mass is 32.2. The molecule has 0 unspecified atom stereocenters. The van der Waals surface area contributed by atoms with Crippen LogP contribution in [0.2, 0.25) is 0 Å². The number of aliphatic hydroxyl groups is 4. The lowest BCUT2D eigenvalue weighted by Gasteiger charge is -2.54. The fourth-order valence-corrected chi connectivity index (χ4v) is 7.54. The molecule has 12 heteroatoms. The third-order valence-corrected chi connectivity index (χ3v) is 9.42. The van der Waals surface area contributed by atoms with Gasteiger partial charge in [-0.1, -0.05) is 12.1 Å². The first-order chi connectivity index (χ1) is 19.4. The number of ketones is 2. The van der Waals surface area contributed by atoms with Gasteiger partial charge in [0, 0.05) is 28.1 Å². The third kappa shape index (κ3) is 4.12. The molecule has 0 radical (unpaired) electrons. The standard InChI is InChI=1S/C29H30N2O9S/c1-31(2)22-21-24(34)18-15(11-41-13-9-7-12(40-3)8-10-13)14-5-4-6-16(32)17(14)23(33)19(18)26(36)29(21,39)27(37)20(25(22)35)28(30)38/h4-10,15,18,21-22,24,32-34,37,39H,11H2,1-3H3,(H2,30,38)/t15-,18+,21+,22-,24-,29-/m0/s1. The summed E-state index contributed by atoms with van der Waals surface area (Å²) in [4.78, 5) is 41.9. The summed E-state index contributed by atoms with van der Waals surface area (Å²) in [5, 5.41) is 56.9. The number of amides is 1. The van der Waals surface area contributed by atoms with Crippen LogP contribution in [0.3, 0.4) is 0 Å². The number of carbonyl (C=O) groups excluding carboxylic acids is 3. The van der Waals surface area contributed by atoms with E-state index in [0.717, 1.165) is 4.90 Å². The van der Waals surface area contributed by atoms with E-state index in [9.17, 15) is 39.9 Å². The molecule has 216 valence electrons. The first kappa shape index (κ1) is 28.7. The summed E-state index contributed by atoms with van der Waals surface area (Å²) in [6.07, 6.45) is -1.67. The van der Waals surface area contributed by atoms with Gasteiger partial charge < -0.3 is 36.0 Å². The minimum absolute atomic E-state index is 0.0451. The van der Waals surface area contributed by atoms with Crippen molar-refractivity contribution in [1.29, 1.82) is 0 Å². The number of nitrogens with zero attached hydrogens (tertiary/aromatic N) is 1. The summed E-state index contributed by atoms with van der Waals surface area (Å²) in [5.74, 6) is -8.31. The number of phenols is 1. The zero-order chi connectivity index (χ0) is 30.0. The van der Waals surface area contributed by atoms with Crippen LogP contribution in [0, 0.1) is 11.8 Å². The molecule has 1 saturated carbocycles. The SMILES string of the molecule is COc1ccc(SC[C@H]2c3cccc(O)c3C(O)=C3C(=O)[C@]4(O)C(O)=C(C(N)=O)C(=O)[C@@H](N(C)C)[C@@H]4[C@@H](O)[C@@H]32)cc1. The Balaban J connectivity index is 1.71. The topological polar surface area (TPSA) is 191 Å². The molecule has 3 aliphatic carbocycles. The van der Waals surface area contributed by atoms with Gasteiger partial charge in [0.25, 0.3) is 5.91 Å². The van der Waals surface area contributed by atoms with Gasteiger partial charge in [0.05, 0.1) is 30.7 Å². The molecular weight excluding hydrogens is 552 g/mol. The summed E-state index contributed by atoms with van der Waals surface area (Å²) < 4.78 is 5.21. The Morgan fingerprint density at radius 1 is 1.10 bits per heavy atom. The Kier molecular flexibility index (Phi) is 7.14. The molecule has 0 bridgehead atoms. The van der Waals surface area contributed by atoms with Crippen LogP contribution in [0.5, 0.6) is 11.5 Å². The molecule has 0 aliphatic heterocycles. The van der Waals surface area contributed by atoms with Crippen molar-refractivity contribution in [3.8, 4) is 11.5 Å². The van der Waals surface area contributed by atoms with Crippen LogP contribution in [0.15, 0.2) is 64.3 Å². The van der Waals surface area contributed by atoms with Gasteiger partial charge in [0.15, 0.2) is 11.4 Å². The van der Waals surface area contributed by atoms with E-state index in [1.165, 1.54) is 36.8 Å². The Hall–Kier alpha value is -3.84. The number of thioether (sulfide) groups is 1. The average Bonchev–Trinajstić information content (AvgIpc) is 2.92. The zero-order valence-electron chi connectivity index (χ0n) is 22.4. The fraction of sp³-hybridized carbons (Fsp3) is 0.345. The maximum Gasteiger partial charge on any atom is 0.255 e. The van der Waals surface area contributed by atoms with E-state index in [2.05, 4.69) is 0 Å². The van der Waals surface area contributed by atoms with Gasteiger partial charge in [-0.3, -0.25) is 19.3 Å². The van der Waals surface area contributed by atoms with Crippen LogP contribution in [-0.2, 0) is 14.4 Å². The fourth-order valence-electron chi connectivity index (χ4n) is 6.45. The number of ether oxygens (including phenoxy) is 1. The summed E-state index contributed by atoms with van der Waals surface area (Å²) >= 11 is 1.39. The lowest BCUT2D eigenvalue weighted by molar-refractivity contribution is -0.169. The van der Waals surface area contributed by atoms with Gasteiger partial charge in [-0.15, -0.1) is 11.8 Å². The van der Waals surface area contributed by atoms with Gasteiger partial charge in [-0.2, -0.15) is 0 Å². The van der Waals surface area contributed by atoms with Crippen LogP contribution in [0.25, 0.3) is 5.76 Å². The largest absolute Gasteiger partial charge is 0.508 e. The first-order valence-corrected chi connectivity index (χ1v) is 13.8. The van der Waals surface area contributed by atoms with Crippen molar-refractivity contribution >= 4 is 35.0 Å². The summed E-state index contributed by atoms with van der Waals surface area (Å²) in [5.41, 5.74) is 1.44. The molecule has 41 heavy (non-hydrogen) atoms. The number of benzene rings is 2. The predicted octanol–water partition coefficient (Wildman–Crippen LogP) is 1.28. The molecule has 2 aromatic rings. The van der Waals surface area contributed by atoms with Crippen LogP contribution in [0.4, 0.5) is 0 Å². The van der Waals surface area contributed by atoms with E-state index in [-0.39, 0.29) is 17.1 Å². The van der Waals surface area contributed by atoms with Crippen LogP contribution in [0.1, 0.15) is 17.0 Å². The number of aliphatic hydroxyl groups excluding tert-OH is 3. The van der Waals surface area contributed by atoms with Gasteiger partial charge in [0.2, 0.25) is 5.78 Å². The second-order valence-corrected chi connectivity index (χ2v) is 11.7. The molecule has 0 saturated heterocycles. The van der Waals surface area contributed by atoms with Crippen molar-refractivity contribution in [3.05, 3.63) is 70.5 Å². The number of hydrogen-bond donors (Lipinski definition) is 6. The smallest absolute Gasteiger partial charge is 0.255 e. The number of primary amides is 1. The molecule has 3 aliphatic rings. The van der Waals surface area contributed by atoms with Crippen molar-refractivity contribution in [2.24, 2.45) is 17.6 Å². The molecule has 0 spiro atoms. The molecule has 11 nitrogen and oxygen atoms in total. The molecule has 1 fully saturated rings. The van der Waals surface area contributed by atoms with Gasteiger partial charge in [-0.05, 0) is 50.0 Å². The van der Waals surface area contributed by atoms with Crippen LogP contribution < -0.4 is 10.5 Å². The van der Waals surface area contributed by atoms with Crippen molar-refractivity contribution in [1.82, 2.24) is 4.90 Å². The van der Waals surface area contributed by atoms with E-state index in [1.54, 1.807) is 31.4 Å². The highest BCUT2D eigenvalue weighted by Crippen LogP contribution is 2.56. The number of nitrogens with two attached hydrogens (primary N) is 1. The van der Waals surface area contributed by atoms with E-state index >= 15 is 0 Å². The van der Waals surface area contributed by atoms with E-state index < -0.39 is 75.6 Å². The highest BCUT2D eigenvalue weighted by molar-refractivity contribution is 7.99. The molecule has 5 rings (SSSR count). The van der Waals surface area contributed by atoms with E-state index in [4.69, 9.17) is 10.5 Å². The summed E-state index contributed by atoms with van der Waals surface area (Å²) in [7, 11) is 4.48. The number of carbonyl (C=O) groups is 3. The minimum atomic E-state index is -2.96. The number of rotatable bonds is 6. The monoisotopic (exact) mass is 582 g/mol. The number of Topliss-reactive ketones (excluding diaryl/α,β-unsaturated/α-hetero) is 2. The molecule has 1 amide bonds. The van der Waals surface area contributed by atoms with Gasteiger partial charge in [0.1, 0.15) is 28.6 Å². The number of hydrogen-bond acceptors (Lipinski definition) is 11. The van der Waals surface area contributed by atoms with E-state index in [1.807, 2.05) is 12.1 Å².